The third-order valence-corrected chi connectivity index (χ3v) is 3.42. The number of carbonyl (C=O) groups excluding carboxylic acids is 1. The number of carbonyl (C=O) groups is 2. The second kappa shape index (κ2) is 5.48. The van der Waals surface area contributed by atoms with Crippen LogP contribution in [-0.2, 0) is 16.0 Å². The number of amides is 1. The number of halogens is 1. The fraction of sp³-hybridized carbons (Fsp3) is 0.429. The summed E-state index contributed by atoms with van der Waals surface area (Å²) in [6.45, 7) is 0. The van der Waals surface area contributed by atoms with E-state index in [2.05, 4.69) is 5.32 Å². The highest BCUT2D eigenvalue weighted by molar-refractivity contribution is 5.89. The Bertz CT molecular complexity index is 540. The molecule has 1 aliphatic rings. The number of hydrogen-bond acceptors (Lipinski definition) is 3. The van der Waals surface area contributed by atoms with E-state index >= 15 is 0 Å². The van der Waals surface area contributed by atoms with E-state index in [-0.39, 0.29) is 24.5 Å². The molecule has 0 unspecified atom stereocenters. The molecule has 0 heterocycles. The van der Waals surface area contributed by atoms with E-state index < -0.39 is 17.3 Å². The molecular formula is C14H16FNO4. The summed E-state index contributed by atoms with van der Waals surface area (Å²) in [6.07, 6.45) is 1.13. The van der Waals surface area contributed by atoms with Gasteiger partial charge in [0.05, 0.1) is 7.11 Å². The predicted octanol–water partition coefficient (Wildman–Crippen LogP) is 1.50. The quantitative estimate of drug-likeness (QED) is 0.828. The molecule has 0 spiro atoms. The van der Waals surface area contributed by atoms with Crippen LogP contribution >= 0.6 is 0 Å². The minimum Gasteiger partial charge on any atom is -0.494 e. The molecule has 108 valence electrons. The van der Waals surface area contributed by atoms with Crippen LogP contribution in [0.15, 0.2) is 18.2 Å². The lowest BCUT2D eigenvalue weighted by Crippen LogP contribution is -2.43. The monoisotopic (exact) mass is 281 g/mol. The number of aliphatic carboxylic acids is 1. The molecule has 1 saturated carbocycles. The van der Waals surface area contributed by atoms with E-state index in [0.717, 1.165) is 0 Å². The van der Waals surface area contributed by atoms with Gasteiger partial charge < -0.3 is 15.2 Å². The van der Waals surface area contributed by atoms with E-state index in [1.807, 2.05) is 0 Å². The van der Waals surface area contributed by atoms with Crippen molar-refractivity contribution in [2.45, 2.75) is 31.2 Å². The van der Waals surface area contributed by atoms with Crippen molar-refractivity contribution in [1.29, 1.82) is 0 Å². The smallest absolute Gasteiger partial charge is 0.329 e. The number of aryl methyl sites for hydroxylation is 1. The van der Waals surface area contributed by atoms with Gasteiger partial charge in [0.15, 0.2) is 11.6 Å². The van der Waals surface area contributed by atoms with Gasteiger partial charge in [0.1, 0.15) is 5.54 Å². The zero-order valence-corrected chi connectivity index (χ0v) is 11.1. The van der Waals surface area contributed by atoms with Crippen molar-refractivity contribution >= 4 is 11.9 Å². The number of carboxylic acid groups (broad SMARTS) is 1. The van der Waals surface area contributed by atoms with Crippen LogP contribution < -0.4 is 10.1 Å². The number of nitrogens with one attached hydrogen (secondary N) is 1. The first-order chi connectivity index (χ1) is 9.48. The van der Waals surface area contributed by atoms with Crippen molar-refractivity contribution in [3.05, 3.63) is 29.6 Å². The molecule has 1 amide bonds. The SMILES string of the molecule is COc1cccc(CCC(=O)NC2(C(=O)O)CC2)c1F. The zero-order valence-electron chi connectivity index (χ0n) is 11.1. The van der Waals surface area contributed by atoms with E-state index in [0.29, 0.717) is 18.4 Å². The minimum absolute atomic E-state index is 0.0408. The normalized spacial score (nSPS) is 15.5. The number of rotatable bonds is 6. The Balaban J connectivity index is 1.93. The van der Waals surface area contributed by atoms with E-state index in [1.54, 1.807) is 12.1 Å². The topological polar surface area (TPSA) is 75.6 Å². The van der Waals surface area contributed by atoms with Gasteiger partial charge in [-0.2, -0.15) is 0 Å². The number of ether oxygens (including phenoxy) is 1. The van der Waals surface area contributed by atoms with Crippen LogP contribution in [0.1, 0.15) is 24.8 Å². The zero-order chi connectivity index (χ0) is 14.8. The summed E-state index contributed by atoms with van der Waals surface area (Å²) in [6, 6.07) is 4.73. The maximum atomic E-state index is 13.9. The standard InChI is InChI=1S/C14H16FNO4/c1-20-10-4-2-3-9(12(10)15)5-6-11(17)16-14(7-8-14)13(18)19/h2-4H,5-8H2,1H3,(H,16,17)(H,18,19). The van der Waals surface area contributed by atoms with Crippen LogP contribution in [0.25, 0.3) is 0 Å². The number of benzene rings is 1. The molecule has 20 heavy (non-hydrogen) atoms. The van der Waals surface area contributed by atoms with Crippen molar-refractivity contribution in [3.63, 3.8) is 0 Å². The van der Waals surface area contributed by atoms with Gasteiger partial charge >= 0.3 is 5.97 Å². The van der Waals surface area contributed by atoms with Gasteiger partial charge in [-0.25, -0.2) is 9.18 Å². The van der Waals surface area contributed by atoms with Gasteiger partial charge in [0, 0.05) is 6.42 Å². The third kappa shape index (κ3) is 2.89. The van der Waals surface area contributed by atoms with E-state index in [9.17, 15) is 14.0 Å². The van der Waals surface area contributed by atoms with Crippen molar-refractivity contribution < 1.29 is 23.8 Å². The molecule has 0 bridgehead atoms. The van der Waals surface area contributed by atoms with Gasteiger partial charge in [0.2, 0.25) is 5.91 Å². The van der Waals surface area contributed by atoms with E-state index in [1.165, 1.54) is 13.2 Å². The predicted molar refractivity (Wildman–Crippen MR) is 69.0 cm³/mol. The maximum Gasteiger partial charge on any atom is 0.329 e. The average molecular weight is 281 g/mol. The van der Waals surface area contributed by atoms with Crippen molar-refractivity contribution in [2.24, 2.45) is 0 Å². The molecule has 1 aromatic carbocycles. The van der Waals surface area contributed by atoms with Gasteiger partial charge in [-0.05, 0) is 30.9 Å². The molecule has 1 aromatic rings. The van der Waals surface area contributed by atoms with E-state index in [4.69, 9.17) is 9.84 Å². The highest BCUT2D eigenvalue weighted by Crippen LogP contribution is 2.35. The summed E-state index contributed by atoms with van der Waals surface area (Å²) in [7, 11) is 1.37. The summed E-state index contributed by atoms with van der Waals surface area (Å²) >= 11 is 0. The number of methoxy groups -OCH3 is 1. The number of hydrogen-bond donors (Lipinski definition) is 2. The Labute approximate surface area is 115 Å². The summed E-state index contributed by atoms with van der Waals surface area (Å²) in [5.74, 6) is -1.75. The molecular weight excluding hydrogens is 265 g/mol. The van der Waals surface area contributed by atoms with Gasteiger partial charge in [-0.15, -0.1) is 0 Å². The van der Waals surface area contributed by atoms with Crippen LogP contribution in [-0.4, -0.2) is 29.6 Å². The first kappa shape index (κ1) is 14.3. The minimum atomic E-state index is -1.09. The highest BCUT2D eigenvalue weighted by Gasteiger charge is 2.51. The molecule has 0 aliphatic heterocycles. The molecule has 6 heteroatoms. The lowest BCUT2D eigenvalue weighted by Gasteiger charge is -2.12. The van der Waals surface area contributed by atoms with Crippen LogP contribution in [0.5, 0.6) is 5.75 Å². The van der Waals surface area contributed by atoms with Crippen molar-refractivity contribution in [1.82, 2.24) is 5.32 Å². The van der Waals surface area contributed by atoms with Crippen molar-refractivity contribution in [3.8, 4) is 5.75 Å². The third-order valence-electron chi connectivity index (χ3n) is 3.42. The Hall–Kier alpha value is -2.11. The van der Waals surface area contributed by atoms with Crippen LogP contribution in [0.4, 0.5) is 4.39 Å². The van der Waals surface area contributed by atoms with Crippen LogP contribution in [0, 0.1) is 5.82 Å². The van der Waals surface area contributed by atoms with Crippen molar-refractivity contribution in [2.75, 3.05) is 7.11 Å². The summed E-state index contributed by atoms with van der Waals surface area (Å²) < 4.78 is 18.7. The van der Waals surface area contributed by atoms with Crippen LogP contribution in [0.3, 0.4) is 0 Å². The van der Waals surface area contributed by atoms with Gasteiger partial charge in [0.25, 0.3) is 0 Å². The lowest BCUT2D eigenvalue weighted by atomic mass is 10.1. The molecule has 1 aliphatic carbocycles. The lowest BCUT2D eigenvalue weighted by molar-refractivity contribution is -0.143. The maximum absolute atomic E-state index is 13.9. The summed E-state index contributed by atoms with van der Waals surface area (Å²) in [5.41, 5.74) is -0.719. The second-order valence-corrected chi connectivity index (χ2v) is 4.87. The summed E-state index contributed by atoms with van der Waals surface area (Å²) in [5, 5.41) is 11.5. The fourth-order valence-electron chi connectivity index (χ4n) is 2.00. The van der Waals surface area contributed by atoms with Crippen LogP contribution in [0.2, 0.25) is 0 Å². The Kier molecular flexibility index (Phi) is 3.92. The second-order valence-electron chi connectivity index (χ2n) is 4.87. The molecule has 5 nitrogen and oxygen atoms in total. The first-order valence-corrected chi connectivity index (χ1v) is 6.34. The summed E-state index contributed by atoms with van der Waals surface area (Å²) in [4.78, 5) is 22.7. The Morgan fingerprint density at radius 3 is 2.70 bits per heavy atom. The van der Waals surface area contributed by atoms with Gasteiger partial charge in [-0.1, -0.05) is 12.1 Å². The average Bonchev–Trinajstić information content (AvgIpc) is 3.18. The first-order valence-electron chi connectivity index (χ1n) is 6.34. The molecule has 0 saturated heterocycles. The fourth-order valence-corrected chi connectivity index (χ4v) is 2.00. The molecule has 2 N–H and O–H groups in total. The number of carboxylic acids is 1. The molecule has 2 rings (SSSR count). The Morgan fingerprint density at radius 1 is 1.45 bits per heavy atom. The van der Waals surface area contributed by atoms with Gasteiger partial charge in [-0.3, -0.25) is 4.79 Å². The molecule has 0 radical (unpaired) electrons. The molecule has 0 aromatic heterocycles. The largest absolute Gasteiger partial charge is 0.494 e. The molecule has 1 fully saturated rings. The highest BCUT2D eigenvalue weighted by atomic mass is 19.1. The molecule has 0 atom stereocenters. The Morgan fingerprint density at radius 2 is 2.15 bits per heavy atom.